The molecule has 1 aliphatic carbocycles. The van der Waals surface area contributed by atoms with Gasteiger partial charge in [0.15, 0.2) is 11.6 Å². The molecule has 0 heterocycles. The van der Waals surface area contributed by atoms with Crippen LogP contribution in [0.5, 0.6) is 0 Å². The van der Waals surface area contributed by atoms with E-state index in [-0.39, 0.29) is 6.10 Å². The smallest absolute Gasteiger partial charge is 0.210 e. The van der Waals surface area contributed by atoms with Crippen molar-refractivity contribution < 1.29 is 4.43 Å². The van der Waals surface area contributed by atoms with Crippen molar-refractivity contribution in [2.45, 2.75) is 44.8 Å². The standard InChI is InChI=1S/C10H17ClNOSi/c1-14(8-11)13-10(7-12)9-5-3-2-4-6-9/h9-10H,2-6,8H2,1H3/q+1. The van der Waals surface area contributed by atoms with Crippen molar-refractivity contribution in [1.29, 1.82) is 5.26 Å². The van der Waals surface area contributed by atoms with E-state index >= 15 is 0 Å². The Morgan fingerprint density at radius 1 is 1.50 bits per heavy atom. The van der Waals surface area contributed by atoms with Crippen molar-refractivity contribution in [2.75, 3.05) is 5.50 Å². The molecular formula is C10H17ClNOSi+. The van der Waals surface area contributed by atoms with Gasteiger partial charge >= 0.3 is 9.04 Å². The predicted molar refractivity (Wildman–Crippen MR) is 59.4 cm³/mol. The van der Waals surface area contributed by atoms with Crippen LogP contribution >= 0.6 is 11.6 Å². The molecule has 1 aliphatic rings. The quantitative estimate of drug-likeness (QED) is 0.550. The Balaban J connectivity index is 2.40. The summed E-state index contributed by atoms with van der Waals surface area (Å²) in [5.74, 6) is 0.455. The third-order valence-corrected chi connectivity index (χ3v) is 4.88. The van der Waals surface area contributed by atoms with Gasteiger partial charge in [0.25, 0.3) is 0 Å². The maximum Gasteiger partial charge on any atom is 0.488 e. The van der Waals surface area contributed by atoms with Crippen molar-refractivity contribution in [1.82, 2.24) is 0 Å². The zero-order chi connectivity index (χ0) is 10.4. The summed E-state index contributed by atoms with van der Waals surface area (Å²) in [7, 11) is -0.945. The first-order chi connectivity index (χ1) is 6.77. The van der Waals surface area contributed by atoms with Crippen LogP contribution in [0, 0.1) is 17.2 Å². The number of nitrogens with zero attached hydrogens (tertiary/aromatic N) is 1. The molecule has 14 heavy (non-hydrogen) atoms. The summed E-state index contributed by atoms with van der Waals surface area (Å²) in [6, 6.07) is 2.28. The lowest BCUT2D eigenvalue weighted by molar-refractivity contribution is 0.153. The monoisotopic (exact) mass is 230 g/mol. The number of nitriles is 1. The highest BCUT2D eigenvalue weighted by Gasteiger charge is 2.32. The summed E-state index contributed by atoms with van der Waals surface area (Å²) in [5, 5.41) is 9.02. The van der Waals surface area contributed by atoms with Crippen LogP contribution in [0.15, 0.2) is 0 Å². The van der Waals surface area contributed by atoms with Gasteiger partial charge in [-0.25, -0.2) is 4.43 Å². The van der Waals surface area contributed by atoms with Gasteiger partial charge in [0.2, 0.25) is 0 Å². The summed E-state index contributed by atoms with van der Waals surface area (Å²) in [6.45, 7) is 2.02. The molecule has 0 radical (unpaired) electrons. The van der Waals surface area contributed by atoms with Crippen LogP contribution < -0.4 is 0 Å². The Morgan fingerprint density at radius 3 is 2.64 bits per heavy atom. The van der Waals surface area contributed by atoms with Gasteiger partial charge in [-0.15, -0.1) is 0 Å². The first-order valence-electron chi connectivity index (χ1n) is 5.22. The van der Waals surface area contributed by atoms with E-state index in [0.717, 1.165) is 12.8 Å². The zero-order valence-corrected chi connectivity index (χ0v) is 10.4. The van der Waals surface area contributed by atoms with Gasteiger partial charge in [-0.3, -0.25) is 0 Å². The molecule has 1 atom stereocenters. The number of hydrogen-bond donors (Lipinski definition) is 0. The first kappa shape index (κ1) is 12.0. The molecule has 0 saturated heterocycles. The molecule has 0 aromatic heterocycles. The van der Waals surface area contributed by atoms with Crippen LogP contribution in [0.4, 0.5) is 0 Å². The summed E-state index contributed by atoms with van der Waals surface area (Å²) in [4.78, 5) is 0. The molecule has 0 N–H and O–H groups in total. The van der Waals surface area contributed by atoms with Crippen molar-refractivity contribution in [3.8, 4) is 6.07 Å². The van der Waals surface area contributed by atoms with Gasteiger partial charge in [0.05, 0.1) is 12.6 Å². The van der Waals surface area contributed by atoms with E-state index in [2.05, 4.69) is 6.07 Å². The average molecular weight is 231 g/mol. The first-order valence-corrected chi connectivity index (χ1v) is 7.87. The summed E-state index contributed by atoms with van der Waals surface area (Å²) in [6.07, 6.45) is 5.91. The molecule has 1 unspecified atom stereocenters. The largest absolute Gasteiger partial charge is 0.488 e. The van der Waals surface area contributed by atoms with Crippen LogP contribution in [-0.4, -0.2) is 20.6 Å². The van der Waals surface area contributed by atoms with E-state index in [1.54, 1.807) is 0 Å². The predicted octanol–water partition coefficient (Wildman–Crippen LogP) is 2.87. The van der Waals surface area contributed by atoms with Crippen molar-refractivity contribution in [3.63, 3.8) is 0 Å². The lowest BCUT2D eigenvalue weighted by Gasteiger charge is -2.23. The van der Waals surface area contributed by atoms with E-state index in [1.807, 2.05) is 6.55 Å². The minimum atomic E-state index is -0.945. The average Bonchev–Trinajstić information content (AvgIpc) is 2.26. The van der Waals surface area contributed by atoms with Gasteiger partial charge < -0.3 is 0 Å². The molecule has 0 aliphatic heterocycles. The molecule has 1 saturated carbocycles. The molecule has 0 aromatic rings. The fraction of sp³-hybridized carbons (Fsp3) is 0.900. The Labute approximate surface area is 92.9 Å². The van der Waals surface area contributed by atoms with Crippen LogP contribution in [-0.2, 0) is 4.43 Å². The molecule has 0 bridgehead atoms. The van der Waals surface area contributed by atoms with E-state index in [0.29, 0.717) is 11.4 Å². The Bertz CT molecular complexity index is 201. The van der Waals surface area contributed by atoms with E-state index < -0.39 is 9.04 Å². The molecule has 4 heteroatoms. The topological polar surface area (TPSA) is 33.0 Å². The number of alkyl halides is 1. The highest BCUT2D eigenvalue weighted by molar-refractivity contribution is 6.60. The molecule has 1 fully saturated rings. The van der Waals surface area contributed by atoms with Crippen molar-refractivity contribution in [3.05, 3.63) is 0 Å². The molecule has 0 amide bonds. The Kier molecular flexibility index (Phi) is 5.54. The van der Waals surface area contributed by atoms with E-state index in [1.165, 1.54) is 19.3 Å². The summed E-state index contributed by atoms with van der Waals surface area (Å²) >= 11 is 5.70. The summed E-state index contributed by atoms with van der Waals surface area (Å²) < 4.78 is 5.70. The second-order valence-corrected chi connectivity index (χ2v) is 6.61. The third-order valence-electron chi connectivity index (χ3n) is 2.72. The van der Waals surface area contributed by atoms with E-state index in [4.69, 9.17) is 21.3 Å². The molecule has 0 spiro atoms. The maximum absolute atomic E-state index is 9.02. The molecular weight excluding hydrogens is 214 g/mol. The van der Waals surface area contributed by atoms with Gasteiger partial charge in [-0.2, -0.15) is 5.26 Å². The lowest BCUT2D eigenvalue weighted by atomic mass is 9.86. The fourth-order valence-corrected chi connectivity index (χ4v) is 2.84. The number of rotatable bonds is 4. The number of halogens is 1. The minimum absolute atomic E-state index is 0.201. The van der Waals surface area contributed by atoms with Crippen molar-refractivity contribution in [2.24, 2.45) is 5.92 Å². The SMILES string of the molecule is C[Si+](CCl)OC(C#N)C1CCCCC1. The zero-order valence-electron chi connectivity index (χ0n) is 8.63. The van der Waals surface area contributed by atoms with Crippen LogP contribution in [0.25, 0.3) is 0 Å². The third kappa shape index (κ3) is 3.60. The second kappa shape index (κ2) is 6.44. The van der Waals surface area contributed by atoms with Gasteiger partial charge in [-0.1, -0.05) is 30.9 Å². The number of hydrogen-bond acceptors (Lipinski definition) is 2. The molecule has 2 nitrogen and oxygen atoms in total. The van der Waals surface area contributed by atoms with E-state index in [9.17, 15) is 0 Å². The normalized spacial score (nSPS) is 20.1. The summed E-state index contributed by atoms with van der Waals surface area (Å²) in [5.41, 5.74) is 0.565. The highest BCUT2D eigenvalue weighted by atomic mass is 35.5. The van der Waals surface area contributed by atoms with Gasteiger partial charge in [-0.05, 0) is 12.8 Å². The minimum Gasteiger partial charge on any atom is -0.210 e. The maximum atomic E-state index is 9.02. The second-order valence-electron chi connectivity index (χ2n) is 3.90. The van der Waals surface area contributed by atoms with Gasteiger partial charge in [0, 0.05) is 5.92 Å². The van der Waals surface area contributed by atoms with Crippen LogP contribution in [0.3, 0.4) is 0 Å². The van der Waals surface area contributed by atoms with Crippen LogP contribution in [0.2, 0.25) is 6.55 Å². The highest BCUT2D eigenvalue weighted by Crippen LogP contribution is 2.28. The fourth-order valence-electron chi connectivity index (χ4n) is 1.91. The molecule has 78 valence electrons. The lowest BCUT2D eigenvalue weighted by Crippen LogP contribution is -2.31. The molecule has 0 aromatic carbocycles. The molecule has 1 rings (SSSR count). The Morgan fingerprint density at radius 2 is 2.14 bits per heavy atom. The van der Waals surface area contributed by atoms with Crippen LogP contribution in [0.1, 0.15) is 32.1 Å². The van der Waals surface area contributed by atoms with Gasteiger partial charge in [0.1, 0.15) is 0 Å². The van der Waals surface area contributed by atoms with Crippen molar-refractivity contribution >= 4 is 20.6 Å². The Hall–Kier alpha value is -0.0431.